The predicted molar refractivity (Wildman–Crippen MR) is 61.4 cm³/mol. The molecule has 0 N–H and O–H groups in total. The van der Waals surface area contributed by atoms with Crippen molar-refractivity contribution in [3.63, 3.8) is 0 Å². The molecule has 0 spiro atoms. The van der Waals surface area contributed by atoms with Gasteiger partial charge in [0.1, 0.15) is 12.8 Å². The Bertz CT molecular complexity index is 162. The highest BCUT2D eigenvalue weighted by Crippen LogP contribution is 2.19. The average molecular weight is 278 g/mol. The van der Waals surface area contributed by atoms with Crippen molar-refractivity contribution >= 4 is 18.6 Å². The van der Waals surface area contributed by atoms with Crippen LogP contribution in [0.2, 0.25) is 18.1 Å². The minimum Gasteiger partial charge on any atom is -0.248 e. The van der Waals surface area contributed by atoms with Crippen molar-refractivity contribution in [3.8, 4) is 0 Å². The largest absolute Gasteiger partial charge is 0.616 e. The average Bonchev–Trinajstić information content (AvgIpc) is 2.20. The first-order valence-electron chi connectivity index (χ1n) is 5.72. The molecule has 0 bridgehead atoms. The van der Waals surface area contributed by atoms with E-state index < -0.39 is 37.5 Å². The van der Waals surface area contributed by atoms with Crippen molar-refractivity contribution in [2.45, 2.75) is 50.0 Å². The maximum Gasteiger partial charge on any atom is 0.616 e. The van der Waals surface area contributed by atoms with Gasteiger partial charge in [-0.1, -0.05) is 25.3 Å². The number of unbranched alkanes of at least 4 members (excludes halogenated alkanes) is 3. The molecule has 0 aromatic heterocycles. The first-order valence-corrected chi connectivity index (χ1v) is 9.56. The molecule has 0 saturated carbocycles. The number of halogens is 5. The quantitative estimate of drug-likeness (QED) is 0.247. The maximum absolute atomic E-state index is 12.4. The van der Waals surface area contributed by atoms with E-state index in [0.29, 0.717) is 12.5 Å². The third-order valence-electron chi connectivity index (χ3n) is 2.40. The zero-order valence-electron chi connectivity index (χ0n) is 9.33. The first-order chi connectivity index (χ1) is 7.45. The summed E-state index contributed by atoms with van der Waals surface area (Å²) in [5.41, 5.74) is 0. The van der Waals surface area contributed by atoms with E-state index in [1.807, 2.05) is 0 Å². The Morgan fingerprint density at radius 3 is 2.19 bits per heavy atom. The van der Waals surface area contributed by atoms with Gasteiger partial charge in [0.05, 0.1) is 0 Å². The summed E-state index contributed by atoms with van der Waals surface area (Å²) in [6.45, 7) is -0.900. The van der Waals surface area contributed by atoms with E-state index in [2.05, 4.69) is 0 Å². The van der Waals surface area contributed by atoms with Crippen molar-refractivity contribution < 1.29 is 21.1 Å². The van der Waals surface area contributed by atoms with E-state index in [9.17, 15) is 21.1 Å². The zero-order valence-corrected chi connectivity index (χ0v) is 11.7. The van der Waals surface area contributed by atoms with E-state index in [0.717, 1.165) is 18.9 Å². The minimum atomic E-state index is -5.34. The summed E-state index contributed by atoms with van der Waals surface area (Å²) in [4.78, 5) is 0. The second-order valence-electron chi connectivity index (χ2n) is 4.03. The molecule has 1 atom stereocenters. The standard InChI is InChI=1S/C9H19F5Si2/c10-7-9(11)8-15-5-3-1-2-4-6-16(12,13)14/h9H,1-8,15H2. The van der Waals surface area contributed by atoms with Crippen LogP contribution in [0, 0.1) is 0 Å². The summed E-state index contributed by atoms with van der Waals surface area (Å²) < 4.78 is 59.8. The summed E-state index contributed by atoms with van der Waals surface area (Å²) in [6.07, 6.45) is 1.23. The summed E-state index contributed by atoms with van der Waals surface area (Å²) in [7, 11) is -5.87. The monoisotopic (exact) mass is 278 g/mol. The Labute approximate surface area is 97.0 Å². The lowest BCUT2D eigenvalue weighted by atomic mass is 10.2. The van der Waals surface area contributed by atoms with Crippen LogP contribution < -0.4 is 0 Å². The van der Waals surface area contributed by atoms with Crippen molar-refractivity contribution in [1.29, 1.82) is 0 Å². The molecule has 1 unspecified atom stereocenters. The molecule has 0 nitrogen and oxygen atoms in total. The van der Waals surface area contributed by atoms with Crippen LogP contribution in [0.3, 0.4) is 0 Å². The number of rotatable bonds is 10. The lowest BCUT2D eigenvalue weighted by Crippen LogP contribution is -2.13. The Hall–Kier alpha value is 0.0838. The number of alkyl halides is 2. The molecule has 0 rings (SSSR count). The van der Waals surface area contributed by atoms with E-state index in [1.54, 1.807) is 0 Å². The molecular formula is C9H19F5Si2. The molecule has 0 radical (unpaired) electrons. The van der Waals surface area contributed by atoms with Crippen LogP contribution >= 0.6 is 0 Å². The van der Waals surface area contributed by atoms with Crippen molar-refractivity contribution in [2.75, 3.05) is 6.67 Å². The topological polar surface area (TPSA) is 0 Å². The number of hydrogen-bond acceptors (Lipinski definition) is 0. The van der Waals surface area contributed by atoms with Gasteiger partial charge in [-0.25, -0.2) is 21.1 Å². The number of hydrogen-bond donors (Lipinski definition) is 0. The highest BCUT2D eigenvalue weighted by molar-refractivity contribution is 6.58. The van der Waals surface area contributed by atoms with Crippen LogP contribution in [0.25, 0.3) is 0 Å². The van der Waals surface area contributed by atoms with Gasteiger partial charge in [-0.3, -0.25) is 0 Å². The van der Waals surface area contributed by atoms with E-state index >= 15 is 0 Å². The molecule has 0 aromatic rings. The molecule has 0 heterocycles. The third kappa shape index (κ3) is 12.2. The molecule has 16 heavy (non-hydrogen) atoms. The molecule has 0 aliphatic carbocycles. The van der Waals surface area contributed by atoms with Gasteiger partial charge in [0, 0.05) is 15.6 Å². The van der Waals surface area contributed by atoms with Gasteiger partial charge in [0.25, 0.3) is 0 Å². The first kappa shape index (κ1) is 16.1. The Kier molecular flexibility index (Phi) is 9.20. The summed E-state index contributed by atoms with van der Waals surface area (Å²) in [6, 6.07) is 0.717. The van der Waals surface area contributed by atoms with Crippen LogP contribution in [0.1, 0.15) is 25.7 Å². The van der Waals surface area contributed by atoms with Crippen LogP contribution in [-0.4, -0.2) is 31.4 Å². The summed E-state index contributed by atoms with van der Waals surface area (Å²) in [5, 5.41) is 0. The van der Waals surface area contributed by atoms with Gasteiger partial charge in [0.15, 0.2) is 0 Å². The van der Waals surface area contributed by atoms with Gasteiger partial charge in [-0.05, 0) is 12.5 Å². The smallest absolute Gasteiger partial charge is 0.248 e. The van der Waals surface area contributed by atoms with Crippen molar-refractivity contribution in [2.24, 2.45) is 0 Å². The molecular weight excluding hydrogens is 259 g/mol. The molecule has 7 heteroatoms. The highest BCUT2D eigenvalue weighted by Gasteiger charge is 2.35. The van der Waals surface area contributed by atoms with Crippen molar-refractivity contribution in [3.05, 3.63) is 0 Å². The van der Waals surface area contributed by atoms with Gasteiger partial charge < -0.3 is 0 Å². The summed E-state index contributed by atoms with van der Waals surface area (Å²) >= 11 is 0. The molecule has 0 aromatic carbocycles. The fraction of sp³-hybridized carbons (Fsp3) is 1.00. The normalized spacial score (nSPS) is 14.8. The fourth-order valence-electron chi connectivity index (χ4n) is 1.48. The minimum absolute atomic E-state index is 0.244. The van der Waals surface area contributed by atoms with Crippen molar-refractivity contribution in [1.82, 2.24) is 0 Å². The van der Waals surface area contributed by atoms with Gasteiger partial charge in [-0.15, -0.1) is 0 Å². The van der Waals surface area contributed by atoms with E-state index in [1.165, 1.54) is 0 Å². The van der Waals surface area contributed by atoms with Crippen LogP contribution in [0.4, 0.5) is 21.1 Å². The van der Waals surface area contributed by atoms with Gasteiger partial charge in [-0.2, -0.15) is 0 Å². The maximum atomic E-state index is 12.4. The van der Waals surface area contributed by atoms with Crippen LogP contribution in [0.5, 0.6) is 0 Å². The van der Waals surface area contributed by atoms with Crippen LogP contribution in [0.15, 0.2) is 0 Å². The van der Waals surface area contributed by atoms with E-state index in [-0.39, 0.29) is 6.42 Å². The lowest BCUT2D eigenvalue weighted by Gasteiger charge is -2.04. The zero-order chi connectivity index (χ0) is 12.4. The van der Waals surface area contributed by atoms with Gasteiger partial charge in [0.2, 0.25) is 0 Å². The van der Waals surface area contributed by atoms with E-state index in [4.69, 9.17) is 0 Å². The Morgan fingerprint density at radius 2 is 1.62 bits per heavy atom. The second-order valence-corrected chi connectivity index (χ2v) is 7.75. The SMILES string of the molecule is FCC(F)C[SiH2]CCCCCC[Si](F)(F)F. The molecule has 0 aliphatic rings. The summed E-state index contributed by atoms with van der Waals surface area (Å²) in [5.74, 6) is 0. The molecule has 98 valence electrons. The Balaban J connectivity index is 3.10. The molecule has 0 fully saturated rings. The molecule has 0 amide bonds. The fourth-order valence-corrected chi connectivity index (χ4v) is 3.72. The Morgan fingerprint density at radius 1 is 1.00 bits per heavy atom. The lowest BCUT2D eigenvalue weighted by molar-refractivity contribution is 0.281. The van der Waals surface area contributed by atoms with Gasteiger partial charge >= 0.3 is 9.08 Å². The predicted octanol–water partition coefficient (Wildman–Crippen LogP) is 3.71. The van der Waals surface area contributed by atoms with Crippen LogP contribution in [-0.2, 0) is 0 Å². The second kappa shape index (κ2) is 9.15. The highest BCUT2D eigenvalue weighted by atomic mass is 28.5. The molecule has 0 aliphatic heterocycles. The third-order valence-corrected chi connectivity index (χ3v) is 5.35. The molecule has 0 saturated heterocycles.